The first-order valence-electron chi connectivity index (χ1n) is 22.4. The molecule has 0 aliphatic carbocycles. The number of hydrogen-bond acceptors (Lipinski definition) is 2. The molecule has 0 spiro atoms. The van der Waals surface area contributed by atoms with E-state index in [1.54, 1.807) is 0 Å². The van der Waals surface area contributed by atoms with Gasteiger partial charge in [0.1, 0.15) is 0 Å². The molecule has 4 heteroatoms. The molecule has 0 aliphatic heterocycles. The number of rotatable bonds is 10. The van der Waals surface area contributed by atoms with Crippen molar-refractivity contribution in [3.63, 3.8) is 0 Å². The molecular weight excluding hydrogens is 809 g/mol. The fourth-order valence-electron chi connectivity index (χ4n) is 9.41. The molecule has 0 N–H and O–H groups in total. The van der Waals surface area contributed by atoms with Gasteiger partial charge in [0.2, 0.25) is 0 Å². The minimum atomic E-state index is -1.52. The van der Waals surface area contributed by atoms with Gasteiger partial charge in [0, 0.05) is 33.5 Å². The van der Waals surface area contributed by atoms with Gasteiger partial charge >= 0.3 is 0 Å². The predicted octanol–water partition coefficient (Wildman–Crippen LogP) is 17.1. The van der Waals surface area contributed by atoms with E-state index in [4.69, 9.17) is 0 Å². The van der Waals surface area contributed by atoms with Gasteiger partial charge in [0.15, 0.2) is 0 Å². The highest BCUT2D eigenvalue weighted by Gasteiger charge is 2.25. The lowest BCUT2D eigenvalue weighted by molar-refractivity contribution is 1.25. The van der Waals surface area contributed by atoms with Crippen molar-refractivity contribution in [3.8, 4) is 22.3 Å². The minimum Gasteiger partial charge on any atom is -0.310 e. The van der Waals surface area contributed by atoms with Crippen molar-refractivity contribution >= 4 is 89.7 Å². The largest absolute Gasteiger partial charge is 0.310 e. The summed E-state index contributed by atoms with van der Waals surface area (Å²) in [5.41, 5.74) is 14.3. The second-order valence-electron chi connectivity index (χ2n) is 19.1. The molecule has 316 valence electrons. The number of anilines is 6. The van der Waals surface area contributed by atoms with Crippen LogP contribution in [0.2, 0.25) is 19.6 Å². The second-order valence-corrected chi connectivity index (χ2v) is 28.3. The lowest BCUT2D eigenvalue weighted by Crippen LogP contribution is -2.37. The lowest BCUT2D eigenvalue weighted by Gasteiger charge is -2.32. The van der Waals surface area contributed by atoms with Gasteiger partial charge < -0.3 is 9.80 Å². The minimum absolute atomic E-state index is 0.895. The summed E-state index contributed by atoms with van der Waals surface area (Å²) in [6.07, 6.45) is 7.11. The predicted molar refractivity (Wildman–Crippen MR) is 286 cm³/mol. The van der Waals surface area contributed by atoms with Crippen molar-refractivity contribution in [2.75, 3.05) is 28.6 Å². The molecule has 10 aromatic rings. The molecule has 0 saturated heterocycles. The smallest absolute Gasteiger partial charge is 0.0775 e. The summed E-state index contributed by atoms with van der Waals surface area (Å²) in [7, 11) is -2.42. The van der Waals surface area contributed by atoms with Crippen LogP contribution in [0.15, 0.2) is 199 Å². The van der Waals surface area contributed by atoms with E-state index < -0.39 is 18.1 Å². The van der Waals surface area contributed by atoms with Gasteiger partial charge in [-0.05, 0) is 153 Å². The highest BCUT2D eigenvalue weighted by molar-refractivity contribution is 8.32. The topological polar surface area (TPSA) is 6.48 Å². The van der Waals surface area contributed by atoms with Crippen LogP contribution in [-0.4, -0.2) is 26.8 Å². The Balaban J connectivity index is 1.22. The zero-order valence-electron chi connectivity index (χ0n) is 38.3. The zero-order chi connectivity index (χ0) is 44.3. The van der Waals surface area contributed by atoms with E-state index in [-0.39, 0.29) is 0 Å². The van der Waals surface area contributed by atoms with Crippen LogP contribution >= 0.6 is 10.0 Å². The maximum Gasteiger partial charge on any atom is 0.0775 e. The summed E-state index contributed by atoms with van der Waals surface area (Å²) < 4.78 is 0. The molecule has 0 amide bonds. The first kappa shape index (κ1) is 41.4. The Morgan fingerprint density at radius 2 is 0.781 bits per heavy atom. The average Bonchev–Trinajstić information content (AvgIpc) is 3.30. The van der Waals surface area contributed by atoms with Crippen molar-refractivity contribution in [2.45, 2.75) is 38.4 Å². The molecule has 0 aliphatic rings. The van der Waals surface area contributed by atoms with Crippen molar-refractivity contribution in [2.24, 2.45) is 0 Å². The fourth-order valence-corrected chi connectivity index (χ4v) is 11.5. The average molecular weight is 865 g/mol. The van der Waals surface area contributed by atoms with Crippen molar-refractivity contribution < 1.29 is 0 Å². The van der Waals surface area contributed by atoms with Gasteiger partial charge in [0.05, 0.1) is 19.4 Å². The monoisotopic (exact) mass is 864 g/mol. The third kappa shape index (κ3) is 7.55. The molecule has 0 saturated carbocycles. The van der Waals surface area contributed by atoms with Gasteiger partial charge in [-0.25, -0.2) is 10.0 Å². The van der Waals surface area contributed by atoms with E-state index >= 15 is 0 Å². The maximum absolute atomic E-state index is 2.51. The van der Waals surface area contributed by atoms with Crippen molar-refractivity contribution in [3.05, 3.63) is 205 Å². The van der Waals surface area contributed by atoms with Crippen molar-refractivity contribution in [1.29, 1.82) is 0 Å². The SMILES string of the molecule is Cc1ccc(-c2ccccc2)cc1N(c1ccc([Si](C)(C)C)cc1)c1ccc2ccc3c(N(c4ccc(S(C)(C)C)cc4)c4cc(-c5ccccc5)ccc4C)ccc4ccc1c2c43. The van der Waals surface area contributed by atoms with Crippen LogP contribution < -0.4 is 15.0 Å². The Labute approximate surface area is 382 Å². The highest BCUT2D eigenvalue weighted by atomic mass is 32.3. The number of hydrogen-bond donors (Lipinski definition) is 0. The Morgan fingerprint density at radius 1 is 0.375 bits per heavy atom. The molecule has 10 aromatic carbocycles. The summed E-state index contributed by atoms with van der Waals surface area (Å²) in [5.74, 6) is 0. The van der Waals surface area contributed by atoms with E-state index in [1.165, 1.54) is 98.5 Å². The van der Waals surface area contributed by atoms with Crippen LogP contribution in [0.25, 0.3) is 54.6 Å². The van der Waals surface area contributed by atoms with Crippen LogP contribution in [0.4, 0.5) is 34.1 Å². The molecule has 2 nitrogen and oxygen atoms in total. The molecule has 0 heterocycles. The zero-order valence-corrected chi connectivity index (χ0v) is 40.1. The van der Waals surface area contributed by atoms with E-state index in [0.29, 0.717) is 0 Å². The molecule has 0 unspecified atom stereocenters. The fraction of sp³-hybridized carbons (Fsp3) is 0.133. The standard InChI is InChI=1S/C60H56N2SSi/c1-41-19-21-47(43-15-11-9-12-16-43)39-57(41)61(49-27-31-51(32-28-49)63(3,4)5)55-37-25-45-24-36-54-56(38-26-46-23-35-53(55)59(45)60(46)54)62(50-29-33-52(34-30-50)64(6,7)8)58-40-48(22-20-42(58)2)44-17-13-10-14-18-44/h9-40H,1-8H3. The number of aryl methyl sites for hydroxylation is 2. The quantitative estimate of drug-likeness (QED) is 0.0998. The first-order valence-corrected chi connectivity index (χ1v) is 28.7. The molecule has 0 atom stereocenters. The summed E-state index contributed by atoms with van der Waals surface area (Å²) >= 11 is 0. The summed E-state index contributed by atoms with van der Waals surface area (Å²) in [5, 5.41) is 8.98. The Hall–Kier alpha value is -6.59. The molecule has 0 radical (unpaired) electrons. The van der Waals surface area contributed by atoms with Gasteiger partial charge in [-0.3, -0.25) is 0 Å². The van der Waals surface area contributed by atoms with Gasteiger partial charge in [-0.1, -0.05) is 158 Å². The molecule has 10 rings (SSSR count). The van der Waals surface area contributed by atoms with Crippen LogP contribution in [0.3, 0.4) is 0 Å². The first-order chi connectivity index (χ1) is 30.8. The molecule has 0 aromatic heterocycles. The van der Waals surface area contributed by atoms with Gasteiger partial charge in [0.25, 0.3) is 0 Å². The molecular formula is C60H56N2SSi. The van der Waals surface area contributed by atoms with E-state index in [2.05, 4.69) is 256 Å². The molecule has 64 heavy (non-hydrogen) atoms. The Bertz CT molecular complexity index is 3070. The number of nitrogens with zero attached hydrogens (tertiary/aromatic N) is 2. The van der Waals surface area contributed by atoms with E-state index in [1.807, 2.05) is 0 Å². The Morgan fingerprint density at radius 3 is 1.19 bits per heavy atom. The van der Waals surface area contributed by atoms with Crippen LogP contribution in [0, 0.1) is 13.8 Å². The second kappa shape index (κ2) is 16.2. The number of benzene rings is 10. The third-order valence-corrected chi connectivity index (χ3v) is 16.8. The van der Waals surface area contributed by atoms with Crippen LogP contribution in [-0.2, 0) is 0 Å². The molecule has 0 fully saturated rings. The van der Waals surface area contributed by atoms with Gasteiger partial charge in [-0.2, -0.15) is 0 Å². The highest BCUT2D eigenvalue weighted by Crippen LogP contribution is 2.50. The summed E-state index contributed by atoms with van der Waals surface area (Å²) in [6.45, 7) is 11.8. The van der Waals surface area contributed by atoms with E-state index in [9.17, 15) is 0 Å². The lowest BCUT2D eigenvalue weighted by atomic mass is 9.91. The maximum atomic E-state index is 2.51. The Kier molecular flexibility index (Phi) is 10.5. The third-order valence-electron chi connectivity index (χ3n) is 13.0. The summed E-state index contributed by atoms with van der Waals surface area (Å²) in [4.78, 5) is 6.41. The van der Waals surface area contributed by atoms with E-state index in [0.717, 1.165) is 11.4 Å². The van der Waals surface area contributed by atoms with Gasteiger partial charge in [-0.15, -0.1) is 0 Å². The summed E-state index contributed by atoms with van der Waals surface area (Å²) in [6, 6.07) is 72.8. The normalized spacial score (nSPS) is 12.3. The van der Waals surface area contributed by atoms with Crippen LogP contribution in [0.1, 0.15) is 11.1 Å². The van der Waals surface area contributed by atoms with Crippen LogP contribution in [0.5, 0.6) is 0 Å². The van der Waals surface area contributed by atoms with Crippen molar-refractivity contribution in [1.82, 2.24) is 0 Å². The molecule has 0 bridgehead atoms.